The predicted molar refractivity (Wildman–Crippen MR) is 80.6 cm³/mol. The van der Waals surface area contributed by atoms with Gasteiger partial charge < -0.3 is 0 Å². The van der Waals surface area contributed by atoms with E-state index in [1.807, 2.05) is 49.4 Å². The Morgan fingerprint density at radius 1 is 1.05 bits per heavy atom. The molecule has 0 spiro atoms. The van der Waals surface area contributed by atoms with Crippen LogP contribution in [0.4, 0.5) is 0 Å². The van der Waals surface area contributed by atoms with E-state index < -0.39 is 0 Å². The van der Waals surface area contributed by atoms with Gasteiger partial charge in [-0.25, -0.2) is 0 Å². The molecule has 0 fully saturated rings. The first-order valence-electron chi connectivity index (χ1n) is 7.01. The van der Waals surface area contributed by atoms with E-state index in [2.05, 4.69) is 17.9 Å². The van der Waals surface area contributed by atoms with E-state index in [4.69, 9.17) is 0 Å². The standard InChI is InChI=1S/C19H16O/c1-2-19(20)18-13-16-9-4-3-7-14(16)11-12-15-8-5-6-10-17(15)18/h3-10,18H,2,13H2,1H3. The summed E-state index contributed by atoms with van der Waals surface area (Å²) in [5, 5.41) is 0. The number of carbonyl (C=O) groups is 1. The van der Waals surface area contributed by atoms with Crippen LogP contribution in [0.3, 0.4) is 0 Å². The summed E-state index contributed by atoms with van der Waals surface area (Å²) in [6, 6.07) is 16.1. The maximum absolute atomic E-state index is 12.4. The fourth-order valence-electron chi connectivity index (χ4n) is 2.73. The molecule has 0 radical (unpaired) electrons. The Bertz CT molecular complexity index is 716. The van der Waals surface area contributed by atoms with Crippen molar-refractivity contribution in [1.29, 1.82) is 0 Å². The van der Waals surface area contributed by atoms with E-state index in [0.717, 1.165) is 23.1 Å². The highest BCUT2D eigenvalue weighted by Crippen LogP contribution is 2.28. The Morgan fingerprint density at radius 2 is 1.70 bits per heavy atom. The second-order valence-corrected chi connectivity index (χ2v) is 5.07. The summed E-state index contributed by atoms with van der Waals surface area (Å²) in [4.78, 5) is 12.4. The first-order valence-corrected chi connectivity index (χ1v) is 7.01. The summed E-state index contributed by atoms with van der Waals surface area (Å²) in [7, 11) is 0. The van der Waals surface area contributed by atoms with E-state index in [-0.39, 0.29) is 11.7 Å². The van der Waals surface area contributed by atoms with Crippen molar-refractivity contribution in [1.82, 2.24) is 0 Å². The van der Waals surface area contributed by atoms with Crippen molar-refractivity contribution in [2.75, 3.05) is 0 Å². The number of Topliss-reactive ketones (excluding diaryl/α,β-unsaturated/α-hetero) is 1. The zero-order valence-corrected chi connectivity index (χ0v) is 11.5. The van der Waals surface area contributed by atoms with E-state index in [9.17, 15) is 4.79 Å². The third kappa shape index (κ3) is 2.26. The first kappa shape index (κ1) is 12.7. The Balaban J connectivity index is 2.20. The van der Waals surface area contributed by atoms with Crippen LogP contribution in [0.15, 0.2) is 48.5 Å². The summed E-state index contributed by atoms with van der Waals surface area (Å²) >= 11 is 0. The molecule has 0 bridgehead atoms. The summed E-state index contributed by atoms with van der Waals surface area (Å²) < 4.78 is 0. The highest BCUT2D eigenvalue weighted by molar-refractivity contribution is 5.87. The topological polar surface area (TPSA) is 17.1 Å². The van der Waals surface area contributed by atoms with Crippen LogP contribution >= 0.6 is 0 Å². The first-order chi connectivity index (χ1) is 9.79. The second kappa shape index (κ2) is 5.35. The van der Waals surface area contributed by atoms with Gasteiger partial charge in [0.1, 0.15) is 5.78 Å². The van der Waals surface area contributed by atoms with Crippen molar-refractivity contribution in [2.24, 2.45) is 0 Å². The maximum atomic E-state index is 12.4. The molecule has 0 saturated carbocycles. The minimum Gasteiger partial charge on any atom is -0.299 e. The number of benzene rings is 2. The lowest BCUT2D eigenvalue weighted by atomic mass is 9.82. The Kier molecular flexibility index (Phi) is 3.39. The van der Waals surface area contributed by atoms with E-state index in [1.54, 1.807) is 0 Å². The molecular weight excluding hydrogens is 244 g/mol. The van der Waals surface area contributed by atoms with Gasteiger partial charge in [-0.05, 0) is 29.7 Å². The minimum absolute atomic E-state index is 0.0769. The smallest absolute Gasteiger partial charge is 0.140 e. The normalized spacial score (nSPS) is 15.9. The van der Waals surface area contributed by atoms with Crippen molar-refractivity contribution in [3.63, 3.8) is 0 Å². The molecule has 1 atom stereocenters. The van der Waals surface area contributed by atoms with Crippen molar-refractivity contribution in [2.45, 2.75) is 25.7 Å². The van der Waals surface area contributed by atoms with Gasteiger partial charge in [-0.3, -0.25) is 4.79 Å². The third-order valence-corrected chi connectivity index (χ3v) is 3.85. The Hall–Kier alpha value is -2.33. The molecule has 0 saturated heterocycles. The molecule has 1 unspecified atom stereocenters. The van der Waals surface area contributed by atoms with Crippen LogP contribution in [0.5, 0.6) is 0 Å². The predicted octanol–water partition coefficient (Wildman–Crippen LogP) is 3.71. The summed E-state index contributed by atoms with van der Waals surface area (Å²) in [6.45, 7) is 1.93. The van der Waals surface area contributed by atoms with E-state index in [1.165, 1.54) is 5.56 Å². The molecule has 0 heterocycles. The SMILES string of the molecule is CCC(=O)C1Cc2ccccc2C#Cc2ccccc21. The van der Waals surface area contributed by atoms with Crippen LogP contribution in [-0.2, 0) is 11.2 Å². The van der Waals surface area contributed by atoms with Crippen molar-refractivity contribution >= 4 is 5.78 Å². The largest absolute Gasteiger partial charge is 0.299 e. The zero-order valence-electron chi connectivity index (χ0n) is 11.5. The molecule has 98 valence electrons. The molecule has 1 aliphatic rings. The molecule has 1 aliphatic carbocycles. The number of hydrogen-bond donors (Lipinski definition) is 0. The molecule has 20 heavy (non-hydrogen) atoms. The van der Waals surface area contributed by atoms with Crippen LogP contribution in [0.2, 0.25) is 0 Å². The van der Waals surface area contributed by atoms with Gasteiger partial charge in [0.15, 0.2) is 0 Å². The highest BCUT2D eigenvalue weighted by Gasteiger charge is 2.23. The number of fused-ring (bicyclic) bond motifs is 2. The minimum atomic E-state index is -0.0769. The Morgan fingerprint density at radius 3 is 2.50 bits per heavy atom. The fourth-order valence-corrected chi connectivity index (χ4v) is 2.73. The van der Waals surface area contributed by atoms with Crippen LogP contribution in [-0.4, -0.2) is 5.78 Å². The number of carbonyl (C=O) groups excluding carboxylic acids is 1. The van der Waals surface area contributed by atoms with Gasteiger partial charge in [0.25, 0.3) is 0 Å². The molecule has 1 heteroatoms. The molecule has 1 nitrogen and oxygen atoms in total. The van der Waals surface area contributed by atoms with Crippen molar-refractivity contribution in [3.8, 4) is 11.8 Å². The Labute approximate surface area is 119 Å². The average Bonchev–Trinajstić information content (AvgIpc) is 2.49. The summed E-state index contributed by atoms with van der Waals surface area (Å²) in [5.41, 5.74) is 4.26. The molecule has 0 aliphatic heterocycles. The maximum Gasteiger partial charge on any atom is 0.140 e. The quantitative estimate of drug-likeness (QED) is 0.752. The molecule has 0 N–H and O–H groups in total. The van der Waals surface area contributed by atoms with Gasteiger partial charge >= 0.3 is 0 Å². The van der Waals surface area contributed by atoms with Gasteiger partial charge in [-0.2, -0.15) is 0 Å². The lowest BCUT2D eigenvalue weighted by molar-refractivity contribution is -0.120. The van der Waals surface area contributed by atoms with Crippen molar-refractivity contribution < 1.29 is 4.79 Å². The molecular formula is C19H16O. The van der Waals surface area contributed by atoms with Gasteiger partial charge in [0.05, 0.1) is 0 Å². The van der Waals surface area contributed by atoms with Crippen molar-refractivity contribution in [3.05, 3.63) is 70.8 Å². The van der Waals surface area contributed by atoms with Gasteiger partial charge in [0, 0.05) is 23.5 Å². The number of hydrogen-bond acceptors (Lipinski definition) is 1. The highest BCUT2D eigenvalue weighted by atomic mass is 16.1. The molecule has 2 aromatic carbocycles. The molecule has 0 aromatic heterocycles. The van der Waals surface area contributed by atoms with Gasteiger partial charge in [-0.1, -0.05) is 55.2 Å². The fraction of sp³-hybridized carbons (Fsp3) is 0.211. The molecule has 0 amide bonds. The van der Waals surface area contributed by atoms with E-state index in [0.29, 0.717) is 6.42 Å². The van der Waals surface area contributed by atoms with Gasteiger partial charge in [0.2, 0.25) is 0 Å². The van der Waals surface area contributed by atoms with Crippen LogP contribution in [0.1, 0.15) is 41.5 Å². The van der Waals surface area contributed by atoms with Crippen LogP contribution in [0, 0.1) is 11.8 Å². The number of rotatable bonds is 2. The molecule has 3 rings (SSSR count). The lowest BCUT2D eigenvalue weighted by Gasteiger charge is -2.19. The second-order valence-electron chi connectivity index (χ2n) is 5.07. The third-order valence-electron chi connectivity index (χ3n) is 3.85. The monoisotopic (exact) mass is 260 g/mol. The molecule has 2 aromatic rings. The number of ketones is 1. The lowest BCUT2D eigenvalue weighted by Crippen LogP contribution is -2.17. The van der Waals surface area contributed by atoms with Crippen LogP contribution < -0.4 is 0 Å². The summed E-state index contributed by atoms with van der Waals surface area (Å²) in [6.07, 6.45) is 1.31. The average molecular weight is 260 g/mol. The van der Waals surface area contributed by atoms with Gasteiger partial charge in [-0.15, -0.1) is 0 Å². The summed E-state index contributed by atoms with van der Waals surface area (Å²) in [5.74, 6) is 6.68. The van der Waals surface area contributed by atoms with E-state index >= 15 is 0 Å². The van der Waals surface area contributed by atoms with Crippen LogP contribution in [0.25, 0.3) is 0 Å². The zero-order chi connectivity index (χ0) is 13.9.